The fourth-order valence-electron chi connectivity index (χ4n) is 3.35. The van der Waals surface area contributed by atoms with E-state index in [1.54, 1.807) is 0 Å². The fourth-order valence-corrected chi connectivity index (χ4v) is 3.35. The Hall–Kier alpha value is -2.67. The molecule has 1 nitrogen and oxygen atoms in total. The van der Waals surface area contributed by atoms with E-state index < -0.39 is 0 Å². The van der Waals surface area contributed by atoms with Crippen molar-refractivity contribution in [2.75, 3.05) is 0 Å². The zero-order valence-corrected chi connectivity index (χ0v) is 14.2. The van der Waals surface area contributed by atoms with Gasteiger partial charge in [0.2, 0.25) is 0 Å². The predicted octanol–water partition coefficient (Wildman–Crippen LogP) is 6.06. The zero-order valence-electron chi connectivity index (χ0n) is 14.2. The van der Waals surface area contributed by atoms with E-state index in [1.165, 1.54) is 27.9 Å². The van der Waals surface area contributed by atoms with E-state index in [0.717, 1.165) is 12.8 Å². The Kier molecular flexibility index (Phi) is 5.22. The Labute approximate surface area is 144 Å². The Bertz CT molecular complexity index is 783. The highest BCUT2D eigenvalue weighted by atomic mass is 14.7. The lowest BCUT2D eigenvalue weighted by molar-refractivity contribution is 0.826. The lowest BCUT2D eigenvalue weighted by Gasteiger charge is -2.28. The third kappa shape index (κ3) is 3.46. The van der Waals surface area contributed by atoms with Crippen molar-refractivity contribution in [3.63, 3.8) is 0 Å². The molecule has 0 saturated heterocycles. The van der Waals surface area contributed by atoms with E-state index in [9.17, 15) is 0 Å². The van der Waals surface area contributed by atoms with Crippen molar-refractivity contribution in [1.82, 2.24) is 0 Å². The minimum absolute atomic E-state index is 0.341. The van der Waals surface area contributed by atoms with Crippen LogP contribution in [0.3, 0.4) is 0 Å². The Morgan fingerprint density at radius 3 is 2.71 bits per heavy atom. The molecule has 1 atom stereocenters. The molecule has 0 amide bonds. The Morgan fingerprint density at radius 2 is 2.00 bits per heavy atom. The second-order valence-electron chi connectivity index (χ2n) is 6.08. The first kappa shape index (κ1) is 16.2. The monoisotopic (exact) mass is 313 g/mol. The van der Waals surface area contributed by atoms with Crippen molar-refractivity contribution in [2.24, 2.45) is 10.9 Å². The summed E-state index contributed by atoms with van der Waals surface area (Å²) in [7, 11) is 0. The first-order valence-corrected chi connectivity index (χ1v) is 8.45. The van der Waals surface area contributed by atoms with Gasteiger partial charge in [-0.2, -0.15) is 0 Å². The molecule has 0 aromatic heterocycles. The van der Waals surface area contributed by atoms with Crippen molar-refractivity contribution in [2.45, 2.75) is 19.8 Å². The number of hydrogen-bond donors (Lipinski definition) is 0. The lowest BCUT2D eigenvalue weighted by atomic mass is 9.77. The van der Waals surface area contributed by atoms with E-state index in [0.29, 0.717) is 5.92 Å². The summed E-state index contributed by atoms with van der Waals surface area (Å²) in [6.07, 6.45) is 18.5. The van der Waals surface area contributed by atoms with Crippen molar-refractivity contribution in [3.8, 4) is 0 Å². The molecule has 3 rings (SSSR count). The molecular formula is C23H23N. The molecule has 1 aliphatic carbocycles. The van der Waals surface area contributed by atoms with Gasteiger partial charge in [0.05, 0.1) is 0 Å². The molecule has 0 bridgehead atoms. The minimum Gasteiger partial charge on any atom is -0.269 e. The summed E-state index contributed by atoms with van der Waals surface area (Å²) in [5.41, 5.74) is 6.75. The second-order valence-corrected chi connectivity index (χ2v) is 6.08. The van der Waals surface area contributed by atoms with Gasteiger partial charge in [-0.1, -0.05) is 78.9 Å². The number of aliphatic imine (C=N–C) groups is 1. The molecule has 120 valence electrons. The van der Waals surface area contributed by atoms with Gasteiger partial charge < -0.3 is 0 Å². The normalized spacial score (nSPS) is 22.3. The third-order valence-corrected chi connectivity index (χ3v) is 4.47. The van der Waals surface area contributed by atoms with E-state index >= 15 is 0 Å². The Morgan fingerprint density at radius 1 is 1.17 bits per heavy atom. The average Bonchev–Trinajstić information content (AvgIpc) is 2.64. The van der Waals surface area contributed by atoms with Gasteiger partial charge in [0.1, 0.15) is 0 Å². The summed E-state index contributed by atoms with van der Waals surface area (Å²) >= 11 is 0. The highest BCUT2D eigenvalue weighted by Crippen LogP contribution is 2.41. The van der Waals surface area contributed by atoms with Gasteiger partial charge in [-0.25, -0.2) is 0 Å². The van der Waals surface area contributed by atoms with Crippen LogP contribution in [0.25, 0.3) is 5.57 Å². The molecular weight excluding hydrogens is 290 g/mol. The van der Waals surface area contributed by atoms with Gasteiger partial charge in [0, 0.05) is 18.3 Å². The first-order valence-electron chi connectivity index (χ1n) is 8.45. The van der Waals surface area contributed by atoms with E-state index in [-0.39, 0.29) is 0 Å². The van der Waals surface area contributed by atoms with Crippen LogP contribution < -0.4 is 0 Å². The van der Waals surface area contributed by atoms with Crippen LogP contribution in [0.5, 0.6) is 0 Å². The van der Waals surface area contributed by atoms with Gasteiger partial charge in [0.25, 0.3) is 0 Å². The fraction of sp³-hybridized carbons (Fsp3) is 0.174. The SMILES string of the molecule is C=C/C=C\C=C1/CC=C(C)C(C2C=NC=CC2)=C1c1ccccc1. The van der Waals surface area contributed by atoms with E-state index in [1.807, 2.05) is 18.4 Å². The molecule has 0 radical (unpaired) electrons. The van der Waals surface area contributed by atoms with Crippen LogP contribution in [0.1, 0.15) is 25.3 Å². The summed E-state index contributed by atoms with van der Waals surface area (Å²) in [5.74, 6) is 0.341. The number of benzene rings is 1. The van der Waals surface area contributed by atoms with Crippen molar-refractivity contribution in [3.05, 3.63) is 102 Å². The number of allylic oxidation sites excluding steroid dienone is 10. The van der Waals surface area contributed by atoms with Gasteiger partial charge in [-0.05, 0) is 42.0 Å². The van der Waals surface area contributed by atoms with Crippen molar-refractivity contribution >= 4 is 11.8 Å². The van der Waals surface area contributed by atoms with Crippen molar-refractivity contribution < 1.29 is 0 Å². The van der Waals surface area contributed by atoms with Crippen LogP contribution >= 0.6 is 0 Å². The Balaban J connectivity index is 2.17. The van der Waals surface area contributed by atoms with Gasteiger partial charge in [0.15, 0.2) is 0 Å². The minimum atomic E-state index is 0.341. The maximum Gasteiger partial charge on any atom is 0.0237 e. The third-order valence-electron chi connectivity index (χ3n) is 4.47. The molecule has 1 heteroatoms. The van der Waals surface area contributed by atoms with Crippen LogP contribution in [0, 0.1) is 5.92 Å². The molecule has 1 aromatic carbocycles. The summed E-state index contributed by atoms with van der Waals surface area (Å²) in [4.78, 5) is 4.38. The highest BCUT2D eigenvalue weighted by molar-refractivity contribution is 5.89. The predicted molar refractivity (Wildman–Crippen MR) is 105 cm³/mol. The highest BCUT2D eigenvalue weighted by Gasteiger charge is 2.24. The molecule has 1 aliphatic heterocycles. The largest absolute Gasteiger partial charge is 0.269 e. The smallest absolute Gasteiger partial charge is 0.0237 e. The maximum absolute atomic E-state index is 4.38. The zero-order chi connectivity index (χ0) is 16.8. The number of rotatable bonds is 4. The summed E-state index contributed by atoms with van der Waals surface area (Å²) in [5, 5.41) is 0. The molecule has 0 saturated carbocycles. The molecule has 2 aliphatic rings. The van der Waals surface area contributed by atoms with Gasteiger partial charge in [-0.3, -0.25) is 4.99 Å². The first-order chi connectivity index (χ1) is 11.8. The van der Waals surface area contributed by atoms with Crippen molar-refractivity contribution in [1.29, 1.82) is 0 Å². The number of hydrogen-bond acceptors (Lipinski definition) is 1. The van der Waals surface area contributed by atoms with Gasteiger partial charge in [-0.15, -0.1) is 0 Å². The quantitative estimate of drug-likeness (QED) is 0.599. The molecule has 1 aromatic rings. The van der Waals surface area contributed by atoms with Crippen LogP contribution in [-0.4, -0.2) is 6.21 Å². The number of nitrogens with zero attached hydrogens (tertiary/aromatic N) is 1. The molecule has 0 fully saturated rings. The molecule has 1 unspecified atom stereocenters. The standard InChI is InChI=1S/C23H23N/c1-3-4-6-10-20-15-14-18(2)22(21-13-9-16-24-17-21)23(20)19-11-7-5-8-12-19/h3-12,14,16-17,21H,1,13,15H2,2H3/b6-4-,20-10+. The summed E-state index contributed by atoms with van der Waals surface area (Å²) in [6, 6.07) is 10.7. The average molecular weight is 313 g/mol. The molecule has 24 heavy (non-hydrogen) atoms. The molecule has 0 N–H and O–H groups in total. The van der Waals surface area contributed by atoms with Crippen LogP contribution in [0.15, 0.2) is 101 Å². The van der Waals surface area contributed by atoms with Crippen LogP contribution in [0.4, 0.5) is 0 Å². The van der Waals surface area contributed by atoms with E-state index in [2.05, 4.69) is 79.3 Å². The van der Waals surface area contributed by atoms with Gasteiger partial charge >= 0.3 is 0 Å². The maximum atomic E-state index is 4.38. The van der Waals surface area contributed by atoms with E-state index in [4.69, 9.17) is 0 Å². The topological polar surface area (TPSA) is 12.4 Å². The molecule has 0 spiro atoms. The molecule has 1 heterocycles. The van der Waals surface area contributed by atoms with Crippen LogP contribution in [-0.2, 0) is 0 Å². The van der Waals surface area contributed by atoms with Crippen LogP contribution in [0.2, 0.25) is 0 Å². The summed E-state index contributed by atoms with van der Waals surface area (Å²) in [6.45, 7) is 5.98. The lowest BCUT2D eigenvalue weighted by Crippen LogP contribution is -2.14. The second kappa shape index (κ2) is 7.74. The summed E-state index contributed by atoms with van der Waals surface area (Å²) < 4.78 is 0.